The molecule has 3 heteroatoms. The average Bonchev–Trinajstić information content (AvgIpc) is 3.31. The average molecular weight is 274 g/mol. The Balaban J connectivity index is 1.49. The second-order valence-electron chi connectivity index (χ2n) is 6.26. The molecule has 1 unspecified atom stereocenters. The molecule has 3 rings (SSSR count). The number of benzene rings is 1. The van der Waals surface area contributed by atoms with Gasteiger partial charge in [-0.2, -0.15) is 0 Å². The van der Waals surface area contributed by atoms with Gasteiger partial charge in [0.1, 0.15) is 5.75 Å². The quantitative estimate of drug-likeness (QED) is 0.863. The zero-order valence-electron chi connectivity index (χ0n) is 12.5. The number of nitrogens with one attached hydrogen (secondary N) is 1. The van der Waals surface area contributed by atoms with Crippen LogP contribution in [0, 0.1) is 5.92 Å². The molecule has 3 nitrogen and oxygen atoms in total. The molecular weight excluding hydrogens is 248 g/mol. The van der Waals surface area contributed by atoms with Gasteiger partial charge in [-0.05, 0) is 62.9 Å². The minimum Gasteiger partial charge on any atom is -0.493 e. The van der Waals surface area contributed by atoms with Crippen molar-refractivity contribution in [3.8, 4) is 5.75 Å². The smallest absolute Gasteiger partial charge is 0.119 e. The minimum atomic E-state index is 0.657. The van der Waals surface area contributed by atoms with Crippen LogP contribution in [0.15, 0.2) is 24.3 Å². The van der Waals surface area contributed by atoms with E-state index in [4.69, 9.17) is 4.74 Å². The van der Waals surface area contributed by atoms with Crippen molar-refractivity contribution in [2.75, 3.05) is 26.7 Å². The summed E-state index contributed by atoms with van der Waals surface area (Å²) in [7, 11) is 2.07. The van der Waals surface area contributed by atoms with Gasteiger partial charge in [-0.15, -0.1) is 0 Å². The Hall–Kier alpha value is -1.06. The highest BCUT2D eigenvalue weighted by Gasteiger charge is 2.22. The van der Waals surface area contributed by atoms with Crippen LogP contribution in [0.3, 0.4) is 0 Å². The summed E-state index contributed by atoms with van der Waals surface area (Å²) in [5.74, 6) is 1.84. The van der Waals surface area contributed by atoms with E-state index in [0.717, 1.165) is 31.4 Å². The lowest BCUT2D eigenvalue weighted by Crippen LogP contribution is -2.43. The first-order chi connectivity index (χ1) is 9.83. The van der Waals surface area contributed by atoms with E-state index in [-0.39, 0.29) is 0 Å². The Morgan fingerprint density at radius 2 is 2.00 bits per heavy atom. The number of nitrogens with zero attached hydrogens (tertiary/aromatic N) is 1. The molecule has 0 radical (unpaired) electrons. The normalized spacial score (nSPS) is 23.8. The lowest BCUT2D eigenvalue weighted by Gasteiger charge is -2.32. The predicted molar refractivity (Wildman–Crippen MR) is 82.0 cm³/mol. The first kappa shape index (κ1) is 13.9. The number of hydrogen-bond donors (Lipinski definition) is 1. The van der Waals surface area contributed by atoms with E-state index >= 15 is 0 Å². The Bertz CT molecular complexity index is 414. The Labute approximate surface area is 122 Å². The molecule has 1 saturated heterocycles. The van der Waals surface area contributed by atoms with E-state index in [2.05, 4.69) is 41.5 Å². The standard InChI is InChI=1S/C17H26N2O/c1-18-16-3-2-10-19(12-16)11-14-6-8-17(9-7-14)20-13-15-4-5-15/h6-9,15-16,18H,2-5,10-13H2,1H3. The molecule has 2 aliphatic rings. The van der Waals surface area contributed by atoms with Crippen molar-refractivity contribution in [2.45, 2.75) is 38.3 Å². The first-order valence-corrected chi connectivity index (χ1v) is 7.95. The summed E-state index contributed by atoms with van der Waals surface area (Å²) < 4.78 is 5.79. The van der Waals surface area contributed by atoms with Gasteiger partial charge in [-0.25, -0.2) is 0 Å². The summed E-state index contributed by atoms with van der Waals surface area (Å²) in [5.41, 5.74) is 1.39. The van der Waals surface area contributed by atoms with Crippen LogP contribution in [0.2, 0.25) is 0 Å². The first-order valence-electron chi connectivity index (χ1n) is 7.95. The van der Waals surface area contributed by atoms with Crippen molar-refractivity contribution in [2.24, 2.45) is 5.92 Å². The van der Waals surface area contributed by atoms with Crippen LogP contribution in [0.25, 0.3) is 0 Å². The lowest BCUT2D eigenvalue weighted by molar-refractivity contribution is 0.188. The maximum Gasteiger partial charge on any atom is 0.119 e. The van der Waals surface area contributed by atoms with Crippen LogP contribution >= 0.6 is 0 Å². The number of rotatable bonds is 6. The number of ether oxygens (including phenoxy) is 1. The number of hydrogen-bond acceptors (Lipinski definition) is 3. The highest BCUT2D eigenvalue weighted by molar-refractivity contribution is 5.27. The highest BCUT2D eigenvalue weighted by atomic mass is 16.5. The van der Waals surface area contributed by atoms with E-state index in [1.807, 2.05) is 0 Å². The maximum absolute atomic E-state index is 5.79. The van der Waals surface area contributed by atoms with Crippen molar-refractivity contribution in [3.05, 3.63) is 29.8 Å². The zero-order valence-corrected chi connectivity index (χ0v) is 12.5. The van der Waals surface area contributed by atoms with E-state index in [9.17, 15) is 0 Å². The van der Waals surface area contributed by atoms with Crippen LogP contribution in [-0.2, 0) is 6.54 Å². The van der Waals surface area contributed by atoms with E-state index in [1.165, 1.54) is 37.8 Å². The molecule has 0 spiro atoms. The van der Waals surface area contributed by atoms with Crippen LogP contribution < -0.4 is 10.1 Å². The molecule has 0 aromatic heterocycles. The maximum atomic E-state index is 5.79. The molecule has 20 heavy (non-hydrogen) atoms. The molecule has 0 bridgehead atoms. The van der Waals surface area contributed by atoms with Gasteiger partial charge in [0.2, 0.25) is 0 Å². The number of likely N-dealkylation sites (N-methyl/N-ethyl adjacent to an activating group) is 1. The van der Waals surface area contributed by atoms with Crippen LogP contribution in [0.4, 0.5) is 0 Å². The molecule has 1 aromatic rings. The Kier molecular flexibility index (Phi) is 4.58. The highest BCUT2D eigenvalue weighted by Crippen LogP contribution is 2.29. The fourth-order valence-electron chi connectivity index (χ4n) is 2.88. The Morgan fingerprint density at radius 3 is 2.70 bits per heavy atom. The van der Waals surface area contributed by atoms with Crippen molar-refractivity contribution < 1.29 is 4.74 Å². The monoisotopic (exact) mass is 274 g/mol. The van der Waals surface area contributed by atoms with Gasteiger partial charge in [0.15, 0.2) is 0 Å². The molecule has 1 saturated carbocycles. The van der Waals surface area contributed by atoms with Crippen LogP contribution in [0.1, 0.15) is 31.2 Å². The second-order valence-corrected chi connectivity index (χ2v) is 6.26. The molecule has 1 N–H and O–H groups in total. The SMILES string of the molecule is CNC1CCCN(Cc2ccc(OCC3CC3)cc2)C1. The predicted octanol–water partition coefficient (Wildman–Crippen LogP) is 2.66. The molecule has 1 heterocycles. The van der Waals surface area contributed by atoms with Gasteiger partial charge >= 0.3 is 0 Å². The third-order valence-corrected chi connectivity index (χ3v) is 4.43. The fraction of sp³-hybridized carbons (Fsp3) is 0.647. The molecule has 0 amide bonds. The zero-order chi connectivity index (χ0) is 13.8. The van der Waals surface area contributed by atoms with Crippen molar-refractivity contribution in [1.82, 2.24) is 10.2 Å². The summed E-state index contributed by atoms with van der Waals surface area (Å²) in [6.07, 6.45) is 5.30. The molecule has 1 aliphatic heterocycles. The van der Waals surface area contributed by atoms with Gasteiger partial charge in [0, 0.05) is 19.1 Å². The van der Waals surface area contributed by atoms with Gasteiger partial charge in [0.05, 0.1) is 6.61 Å². The molecule has 1 aromatic carbocycles. The summed E-state index contributed by atoms with van der Waals surface area (Å²) in [5, 5.41) is 3.40. The van der Waals surface area contributed by atoms with Crippen molar-refractivity contribution in [1.29, 1.82) is 0 Å². The summed E-state index contributed by atoms with van der Waals surface area (Å²) in [6, 6.07) is 9.33. The van der Waals surface area contributed by atoms with Crippen molar-refractivity contribution >= 4 is 0 Å². The second kappa shape index (κ2) is 6.59. The molecule has 1 atom stereocenters. The van der Waals surface area contributed by atoms with Crippen LogP contribution in [-0.4, -0.2) is 37.7 Å². The largest absolute Gasteiger partial charge is 0.493 e. The minimum absolute atomic E-state index is 0.657. The lowest BCUT2D eigenvalue weighted by atomic mass is 10.1. The van der Waals surface area contributed by atoms with E-state index < -0.39 is 0 Å². The van der Waals surface area contributed by atoms with Gasteiger partial charge in [-0.3, -0.25) is 4.90 Å². The fourth-order valence-corrected chi connectivity index (χ4v) is 2.88. The van der Waals surface area contributed by atoms with Gasteiger partial charge in [0.25, 0.3) is 0 Å². The topological polar surface area (TPSA) is 24.5 Å². The van der Waals surface area contributed by atoms with Gasteiger partial charge in [-0.1, -0.05) is 12.1 Å². The molecular formula is C17H26N2O. The summed E-state index contributed by atoms with van der Waals surface area (Å²) in [6.45, 7) is 4.34. The van der Waals surface area contributed by atoms with E-state index in [1.54, 1.807) is 0 Å². The third-order valence-electron chi connectivity index (χ3n) is 4.43. The Morgan fingerprint density at radius 1 is 1.20 bits per heavy atom. The van der Waals surface area contributed by atoms with Crippen LogP contribution in [0.5, 0.6) is 5.75 Å². The van der Waals surface area contributed by atoms with E-state index in [0.29, 0.717) is 6.04 Å². The number of piperidine rings is 1. The number of likely N-dealkylation sites (tertiary alicyclic amines) is 1. The van der Waals surface area contributed by atoms with Crippen molar-refractivity contribution in [3.63, 3.8) is 0 Å². The summed E-state index contributed by atoms with van der Waals surface area (Å²) >= 11 is 0. The summed E-state index contributed by atoms with van der Waals surface area (Å²) in [4.78, 5) is 2.55. The third kappa shape index (κ3) is 3.97. The molecule has 2 fully saturated rings. The molecule has 110 valence electrons. The molecule has 1 aliphatic carbocycles. The van der Waals surface area contributed by atoms with Gasteiger partial charge < -0.3 is 10.1 Å².